The first kappa shape index (κ1) is 16.3. The first-order valence-corrected chi connectivity index (χ1v) is 6.56. The van der Waals surface area contributed by atoms with Crippen molar-refractivity contribution in [1.29, 1.82) is 0 Å². The van der Waals surface area contributed by atoms with E-state index in [1.165, 1.54) is 0 Å². The topological polar surface area (TPSA) is 139 Å². The molecule has 0 aliphatic carbocycles. The van der Waals surface area contributed by atoms with Gasteiger partial charge in [0.2, 0.25) is 5.72 Å². The van der Waals surface area contributed by atoms with Gasteiger partial charge in [0.15, 0.2) is 5.78 Å². The number of hydrogen-bond donors (Lipinski definition) is 3. The van der Waals surface area contributed by atoms with Gasteiger partial charge in [-0.1, -0.05) is 0 Å². The van der Waals surface area contributed by atoms with Gasteiger partial charge in [-0.05, 0) is 13.8 Å². The highest BCUT2D eigenvalue weighted by molar-refractivity contribution is 5.92. The van der Waals surface area contributed by atoms with Crippen LogP contribution in [-0.2, 0) is 20.1 Å². The Morgan fingerprint density at radius 3 is 2.50 bits per heavy atom. The Morgan fingerprint density at radius 1 is 1.41 bits per heavy atom. The summed E-state index contributed by atoms with van der Waals surface area (Å²) in [5.41, 5.74) is -3.75. The molecule has 9 nitrogen and oxygen atoms in total. The Bertz CT molecular complexity index is 722. The van der Waals surface area contributed by atoms with E-state index in [2.05, 4.69) is 0 Å². The zero-order valence-electron chi connectivity index (χ0n) is 12.0. The first-order chi connectivity index (χ1) is 10.3. The van der Waals surface area contributed by atoms with Gasteiger partial charge < -0.3 is 14.9 Å². The van der Waals surface area contributed by atoms with E-state index in [4.69, 9.17) is 4.74 Å². The predicted octanol–water partition coefficient (Wildman–Crippen LogP) is -2.26. The molecule has 1 aromatic heterocycles. The Kier molecular flexibility index (Phi) is 4.14. The van der Waals surface area contributed by atoms with Crippen LogP contribution in [0.4, 0.5) is 0 Å². The number of aromatic amines is 1. The molecule has 4 atom stereocenters. The number of hydrogen-bond acceptors (Lipinski definition) is 7. The van der Waals surface area contributed by atoms with Crippen molar-refractivity contribution >= 4 is 11.6 Å². The summed E-state index contributed by atoms with van der Waals surface area (Å²) in [4.78, 5) is 49.3. The number of ether oxygens (including phenoxy) is 1. The van der Waals surface area contributed by atoms with Gasteiger partial charge in [-0.2, -0.15) is 0 Å². The minimum Gasteiger partial charge on any atom is -0.394 e. The van der Waals surface area contributed by atoms with Crippen molar-refractivity contribution in [2.45, 2.75) is 31.8 Å². The van der Waals surface area contributed by atoms with Crippen LogP contribution in [0.15, 0.2) is 21.9 Å². The minimum atomic E-state index is -2.11. The van der Waals surface area contributed by atoms with Gasteiger partial charge in [0.05, 0.1) is 12.7 Å². The number of Topliss-reactive ketones (excluding diaryl/α,β-unsaturated/α-hetero) is 2. The average Bonchev–Trinajstić information content (AvgIpc) is 2.72. The molecule has 0 aromatic carbocycles. The molecule has 0 amide bonds. The van der Waals surface area contributed by atoms with E-state index < -0.39 is 53.3 Å². The van der Waals surface area contributed by atoms with Crippen molar-refractivity contribution in [2.24, 2.45) is 5.92 Å². The molecule has 22 heavy (non-hydrogen) atoms. The Balaban J connectivity index is 2.76. The second-order valence-corrected chi connectivity index (χ2v) is 5.15. The molecular weight excluding hydrogens is 296 g/mol. The molecule has 1 fully saturated rings. The molecular formula is C13H16N2O7. The number of nitrogens with one attached hydrogen (secondary N) is 1. The fourth-order valence-electron chi connectivity index (χ4n) is 2.84. The lowest BCUT2D eigenvalue weighted by Crippen LogP contribution is -2.55. The van der Waals surface area contributed by atoms with Gasteiger partial charge >= 0.3 is 5.69 Å². The van der Waals surface area contributed by atoms with Gasteiger partial charge in [-0.3, -0.25) is 23.9 Å². The number of ketones is 2. The summed E-state index contributed by atoms with van der Waals surface area (Å²) in [6.07, 6.45) is -1.66. The molecule has 1 saturated heterocycles. The second-order valence-electron chi connectivity index (χ2n) is 5.15. The number of nitrogens with zero attached hydrogens (tertiary/aromatic N) is 1. The van der Waals surface area contributed by atoms with Gasteiger partial charge in [0.25, 0.3) is 5.56 Å². The number of H-pyrrole nitrogens is 1. The van der Waals surface area contributed by atoms with Crippen LogP contribution in [0.2, 0.25) is 0 Å². The van der Waals surface area contributed by atoms with Gasteiger partial charge in [0, 0.05) is 12.3 Å². The quantitative estimate of drug-likeness (QED) is 0.570. The van der Waals surface area contributed by atoms with Gasteiger partial charge in [0.1, 0.15) is 17.8 Å². The van der Waals surface area contributed by atoms with Gasteiger partial charge in [-0.25, -0.2) is 4.79 Å². The maximum absolute atomic E-state index is 12.2. The number of carbonyl (C=O) groups excluding carboxylic acids is 2. The van der Waals surface area contributed by atoms with E-state index >= 15 is 0 Å². The van der Waals surface area contributed by atoms with E-state index in [1.807, 2.05) is 4.98 Å². The normalized spacial score (nSPS) is 31.2. The van der Waals surface area contributed by atoms with E-state index in [9.17, 15) is 29.4 Å². The van der Waals surface area contributed by atoms with Crippen molar-refractivity contribution in [3.63, 3.8) is 0 Å². The van der Waals surface area contributed by atoms with E-state index in [-0.39, 0.29) is 0 Å². The fraction of sp³-hybridized carbons (Fsp3) is 0.538. The van der Waals surface area contributed by atoms with E-state index in [0.29, 0.717) is 0 Å². The smallest absolute Gasteiger partial charge is 0.331 e. The van der Waals surface area contributed by atoms with Crippen LogP contribution in [0.1, 0.15) is 13.8 Å². The number of rotatable bonds is 4. The van der Waals surface area contributed by atoms with Crippen molar-refractivity contribution in [1.82, 2.24) is 9.55 Å². The highest BCUT2D eigenvalue weighted by Crippen LogP contribution is 2.41. The molecule has 0 unspecified atom stereocenters. The monoisotopic (exact) mass is 312 g/mol. The number of aliphatic hydroxyl groups excluding tert-OH is 2. The maximum Gasteiger partial charge on any atom is 0.331 e. The molecule has 0 radical (unpaired) electrons. The summed E-state index contributed by atoms with van der Waals surface area (Å²) in [7, 11) is 0. The fourth-order valence-corrected chi connectivity index (χ4v) is 2.84. The molecule has 0 saturated carbocycles. The average molecular weight is 312 g/mol. The lowest BCUT2D eigenvalue weighted by atomic mass is 9.85. The summed E-state index contributed by atoms with van der Waals surface area (Å²) in [5, 5.41) is 19.4. The molecule has 120 valence electrons. The van der Waals surface area contributed by atoms with E-state index in [1.54, 1.807) is 0 Å². The SMILES string of the molecule is CC(=O)[C@@H]1[C@H](O)[C@@H](CO)O[C@@]1(C(C)=O)n1ccc(=O)[nH]c1=O. The van der Waals surface area contributed by atoms with Crippen molar-refractivity contribution in [3.8, 4) is 0 Å². The van der Waals surface area contributed by atoms with Crippen LogP contribution in [0.5, 0.6) is 0 Å². The summed E-state index contributed by atoms with van der Waals surface area (Å²) in [6.45, 7) is 1.60. The molecule has 1 aromatic rings. The number of carbonyl (C=O) groups is 2. The van der Waals surface area contributed by atoms with Crippen LogP contribution in [0.3, 0.4) is 0 Å². The second kappa shape index (κ2) is 5.59. The van der Waals surface area contributed by atoms with Gasteiger partial charge in [-0.15, -0.1) is 0 Å². The predicted molar refractivity (Wildman–Crippen MR) is 72.1 cm³/mol. The summed E-state index contributed by atoms with van der Waals surface area (Å²) >= 11 is 0. The summed E-state index contributed by atoms with van der Waals surface area (Å²) < 4.78 is 6.19. The van der Waals surface area contributed by atoms with Crippen LogP contribution in [0, 0.1) is 5.92 Å². The van der Waals surface area contributed by atoms with Crippen LogP contribution in [-0.4, -0.2) is 50.1 Å². The Labute approximate surface area is 124 Å². The third-order valence-electron chi connectivity index (χ3n) is 3.78. The largest absolute Gasteiger partial charge is 0.394 e. The third-order valence-corrected chi connectivity index (χ3v) is 3.78. The minimum absolute atomic E-state index is 0.586. The summed E-state index contributed by atoms with van der Waals surface area (Å²) in [5.74, 6) is -2.68. The highest BCUT2D eigenvalue weighted by Gasteiger charge is 2.61. The van der Waals surface area contributed by atoms with Crippen molar-refractivity contribution < 1.29 is 24.5 Å². The number of aliphatic hydroxyl groups is 2. The molecule has 9 heteroatoms. The zero-order chi connectivity index (χ0) is 16.7. The molecule has 1 aliphatic rings. The van der Waals surface area contributed by atoms with Crippen LogP contribution >= 0.6 is 0 Å². The molecule has 0 spiro atoms. The standard InChI is InChI=1S/C13H16N2O7/c1-6(17)10-11(20)8(5-16)22-13(10,7(2)18)15-4-3-9(19)14-12(15)21/h3-4,8,10-11,16,20H,5H2,1-2H3,(H,14,19,21)/t8-,10-,11-,13-/m1/s1. The van der Waals surface area contributed by atoms with Crippen LogP contribution < -0.4 is 11.2 Å². The van der Waals surface area contributed by atoms with Crippen molar-refractivity contribution in [3.05, 3.63) is 33.1 Å². The molecule has 1 aliphatic heterocycles. The molecule has 2 rings (SSSR count). The summed E-state index contributed by atoms with van der Waals surface area (Å²) in [6, 6.07) is 0.991. The van der Waals surface area contributed by atoms with Crippen LogP contribution in [0.25, 0.3) is 0 Å². The first-order valence-electron chi connectivity index (χ1n) is 6.56. The third kappa shape index (κ3) is 2.23. The van der Waals surface area contributed by atoms with E-state index in [0.717, 1.165) is 30.7 Å². The Morgan fingerprint density at radius 2 is 2.05 bits per heavy atom. The zero-order valence-corrected chi connectivity index (χ0v) is 12.0. The Hall–Kier alpha value is -2.10. The molecule has 3 N–H and O–H groups in total. The highest BCUT2D eigenvalue weighted by atomic mass is 16.6. The molecule has 0 bridgehead atoms. The lowest BCUT2D eigenvalue weighted by molar-refractivity contribution is -0.169. The van der Waals surface area contributed by atoms with Crippen molar-refractivity contribution in [2.75, 3.05) is 6.61 Å². The number of aromatic nitrogens is 2. The lowest BCUT2D eigenvalue weighted by Gasteiger charge is -2.32. The molecule has 2 heterocycles. The maximum atomic E-state index is 12.2.